The summed E-state index contributed by atoms with van der Waals surface area (Å²) in [6, 6.07) is 11.3. The lowest BCUT2D eigenvalue weighted by atomic mass is 9.79. The zero-order chi connectivity index (χ0) is 14.8. The molecule has 1 aliphatic heterocycles. The predicted octanol–water partition coefficient (Wildman–Crippen LogP) is 0.888. The molecule has 0 saturated carbocycles. The number of fused-ring (bicyclic) bond motifs is 1. The average molecular weight is 288 g/mol. The monoisotopic (exact) mass is 288 g/mol. The van der Waals surface area contributed by atoms with Gasteiger partial charge < -0.3 is 19.5 Å². The maximum absolute atomic E-state index is 13.3. The Morgan fingerprint density at radius 3 is 2.81 bits per heavy atom. The molecule has 1 aliphatic rings. The first-order valence-corrected chi connectivity index (χ1v) is 6.66. The highest BCUT2D eigenvalue weighted by Crippen LogP contribution is 2.28. The largest absolute Gasteiger partial charge is 0.492 e. The van der Waals surface area contributed by atoms with Crippen LogP contribution < -0.4 is 14.9 Å². The van der Waals surface area contributed by atoms with Gasteiger partial charge in [0.1, 0.15) is 30.0 Å². The van der Waals surface area contributed by atoms with Gasteiger partial charge in [0.15, 0.2) is 0 Å². The van der Waals surface area contributed by atoms with E-state index in [1.807, 2.05) is 24.3 Å². The first kappa shape index (κ1) is 13.9. The number of ether oxygens (including phenoxy) is 2. The Morgan fingerprint density at radius 2 is 2.05 bits per heavy atom. The third-order valence-corrected chi connectivity index (χ3v) is 3.39. The SMILES string of the molecule is OB(O)c1ccc(F)cc1OCC1Cc2ccccc2O1. The molecule has 2 aromatic rings. The molecule has 0 spiro atoms. The van der Waals surface area contributed by atoms with Crippen molar-refractivity contribution in [2.24, 2.45) is 0 Å². The van der Waals surface area contributed by atoms with E-state index in [2.05, 4.69) is 0 Å². The normalized spacial score (nSPS) is 16.2. The van der Waals surface area contributed by atoms with Crippen molar-refractivity contribution in [3.05, 3.63) is 53.8 Å². The Morgan fingerprint density at radius 1 is 1.24 bits per heavy atom. The van der Waals surface area contributed by atoms with Gasteiger partial charge >= 0.3 is 7.12 Å². The minimum atomic E-state index is -1.71. The van der Waals surface area contributed by atoms with E-state index >= 15 is 0 Å². The van der Waals surface area contributed by atoms with Gasteiger partial charge in [-0.3, -0.25) is 0 Å². The van der Waals surface area contributed by atoms with Gasteiger partial charge in [-0.05, 0) is 17.7 Å². The number of para-hydroxylation sites is 1. The molecule has 3 rings (SSSR count). The maximum atomic E-state index is 13.3. The molecule has 0 fully saturated rings. The summed E-state index contributed by atoms with van der Waals surface area (Å²) in [4.78, 5) is 0. The van der Waals surface area contributed by atoms with E-state index in [9.17, 15) is 14.4 Å². The zero-order valence-electron chi connectivity index (χ0n) is 11.2. The van der Waals surface area contributed by atoms with Gasteiger partial charge in [-0.2, -0.15) is 0 Å². The highest BCUT2D eigenvalue weighted by atomic mass is 19.1. The van der Waals surface area contributed by atoms with E-state index in [0.717, 1.165) is 23.4 Å². The Kier molecular flexibility index (Phi) is 3.81. The van der Waals surface area contributed by atoms with Crippen LogP contribution in [-0.4, -0.2) is 29.9 Å². The van der Waals surface area contributed by atoms with Crippen LogP contribution in [0.25, 0.3) is 0 Å². The van der Waals surface area contributed by atoms with Crippen LogP contribution >= 0.6 is 0 Å². The van der Waals surface area contributed by atoms with E-state index in [1.165, 1.54) is 6.07 Å². The van der Waals surface area contributed by atoms with Crippen molar-refractivity contribution in [3.63, 3.8) is 0 Å². The lowest BCUT2D eigenvalue weighted by Gasteiger charge is -2.15. The molecule has 6 heteroatoms. The fraction of sp³-hybridized carbons (Fsp3) is 0.200. The van der Waals surface area contributed by atoms with E-state index in [1.54, 1.807) is 0 Å². The van der Waals surface area contributed by atoms with Crippen LogP contribution in [0.5, 0.6) is 11.5 Å². The van der Waals surface area contributed by atoms with Crippen molar-refractivity contribution in [2.75, 3.05) is 6.61 Å². The van der Waals surface area contributed by atoms with Gasteiger partial charge in [0.05, 0.1) is 0 Å². The summed E-state index contributed by atoms with van der Waals surface area (Å²) < 4.78 is 24.5. The minimum Gasteiger partial charge on any atom is -0.490 e. The molecule has 0 aliphatic carbocycles. The lowest BCUT2D eigenvalue weighted by molar-refractivity contribution is 0.149. The molecule has 0 amide bonds. The standard InChI is InChI=1S/C15H14BFO4/c17-11-5-6-13(16(18)19)15(8-11)20-9-12-7-10-3-1-2-4-14(10)21-12/h1-6,8,12,18-19H,7,9H2. The third-order valence-electron chi connectivity index (χ3n) is 3.39. The molecule has 108 valence electrons. The summed E-state index contributed by atoms with van der Waals surface area (Å²) in [6.07, 6.45) is 0.539. The summed E-state index contributed by atoms with van der Waals surface area (Å²) in [5.74, 6) is 0.447. The average Bonchev–Trinajstić information content (AvgIpc) is 2.87. The molecule has 0 saturated heterocycles. The Bertz CT molecular complexity index is 622. The molecule has 1 heterocycles. The van der Waals surface area contributed by atoms with Gasteiger partial charge in [-0.25, -0.2) is 4.39 Å². The smallest absolute Gasteiger partial charge is 0.490 e. The quantitative estimate of drug-likeness (QED) is 0.820. The van der Waals surface area contributed by atoms with Crippen LogP contribution in [0, 0.1) is 5.82 Å². The molecular weight excluding hydrogens is 274 g/mol. The highest BCUT2D eigenvalue weighted by molar-refractivity contribution is 6.59. The maximum Gasteiger partial charge on any atom is 0.492 e. The van der Waals surface area contributed by atoms with Crippen LogP contribution in [0.1, 0.15) is 5.56 Å². The summed E-state index contributed by atoms with van der Waals surface area (Å²) in [6.45, 7) is 0.206. The summed E-state index contributed by atoms with van der Waals surface area (Å²) >= 11 is 0. The van der Waals surface area contributed by atoms with Crippen molar-refractivity contribution < 1.29 is 23.9 Å². The lowest BCUT2D eigenvalue weighted by Crippen LogP contribution is -2.33. The van der Waals surface area contributed by atoms with Gasteiger partial charge in [0.25, 0.3) is 0 Å². The molecular formula is C15H14BFO4. The Balaban J connectivity index is 1.68. The van der Waals surface area contributed by atoms with E-state index in [4.69, 9.17) is 9.47 Å². The Hall–Kier alpha value is -2.05. The van der Waals surface area contributed by atoms with Crippen LogP contribution in [0.4, 0.5) is 4.39 Å². The van der Waals surface area contributed by atoms with Crippen LogP contribution in [0.3, 0.4) is 0 Å². The molecule has 0 aromatic heterocycles. The van der Waals surface area contributed by atoms with Gasteiger partial charge in [-0.15, -0.1) is 0 Å². The third kappa shape index (κ3) is 3.01. The second-order valence-corrected chi connectivity index (χ2v) is 4.92. The fourth-order valence-corrected chi connectivity index (χ4v) is 2.38. The first-order chi connectivity index (χ1) is 10.1. The van der Waals surface area contributed by atoms with Crippen molar-refractivity contribution in [2.45, 2.75) is 12.5 Å². The molecule has 0 bridgehead atoms. The van der Waals surface area contributed by atoms with Crippen molar-refractivity contribution in [1.82, 2.24) is 0 Å². The molecule has 4 nitrogen and oxygen atoms in total. The summed E-state index contributed by atoms with van der Waals surface area (Å²) in [5.41, 5.74) is 1.24. The predicted molar refractivity (Wildman–Crippen MR) is 76.3 cm³/mol. The van der Waals surface area contributed by atoms with Crippen molar-refractivity contribution in [1.29, 1.82) is 0 Å². The molecule has 2 N–H and O–H groups in total. The highest BCUT2D eigenvalue weighted by Gasteiger charge is 2.24. The molecule has 21 heavy (non-hydrogen) atoms. The first-order valence-electron chi connectivity index (χ1n) is 6.66. The van der Waals surface area contributed by atoms with E-state index in [-0.39, 0.29) is 23.9 Å². The van der Waals surface area contributed by atoms with Crippen LogP contribution in [0.2, 0.25) is 0 Å². The number of hydrogen-bond acceptors (Lipinski definition) is 4. The summed E-state index contributed by atoms with van der Waals surface area (Å²) in [5, 5.41) is 18.5. The zero-order valence-corrected chi connectivity index (χ0v) is 11.2. The molecule has 2 aromatic carbocycles. The van der Waals surface area contributed by atoms with Crippen molar-refractivity contribution in [3.8, 4) is 11.5 Å². The Labute approximate surface area is 121 Å². The second kappa shape index (κ2) is 5.75. The van der Waals surface area contributed by atoms with E-state index in [0.29, 0.717) is 6.42 Å². The fourth-order valence-electron chi connectivity index (χ4n) is 2.38. The van der Waals surface area contributed by atoms with E-state index < -0.39 is 12.9 Å². The van der Waals surface area contributed by atoms with Crippen molar-refractivity contribution >= 4 is 12.6 Å². The van der Waals surface area contributed by atoms with Crippen LogP contribution in [-0.2, 0) is 6.42 Å². The van der Waals surface area contributed by atoms with Gasteiger partial charge in [0, 0.05) is 17.9 Å². The number of rotatable bonds is 4. The summed E-state index contributed by atoms with van der Waals surface area (Å²) in [7, 11) is -1.71. The molecule has 1 atom stereocenters. The molecule has 1 unspecified atom stereocenters. The minimum absolute atomic E-state index is 0.115. The second-order valence-electron chi connectivity index (χ2n) is 4.92. The van der Waals surface area contributed by atoms with Crippen LogP contribution in [0.15, 0.2) is 42.5 Å². The molecule has 0 radical (unpaired) electrons. The number of benzene rings is 2. The number of hydrogen-bond donors (Lipinski definition) is 2. The number of halogens is 1. The van der Waals surface area contributed by atoms with Gasteiger partial charge in [-0.1, -0.05) is 24.3 Å². The van der Waals surface area contributed by atoms with Gasteiger partial charge in [0.2, 0.25) is 0 Å². The topological polar surface area (TPSA) is 58.9 Å².